The Morgan fingerprint density at radius 1 is 1.41 bits per heavy atom. The zero-order chi connectivity index (χ0) is 19.6. The molecule has 27 heavy (non-hydrogen) atoms. The molecule has 0 atom stereocenters. The summed E-state index contributed by atoms with van der Waals surface area (Å²) in [6.45, 7) is 9.28. The number of benzene rings is 1. The van der Waals surface area contributed by atoms with E-state index in [4.69, 9.17) is 9.47 Å². The second-order valence-corrected chi connectivity index (χ2v) is 7.41. The predicted molar refractivity (Wildman–Crippen MR) is 110 cm³/mol. The first-order chi connectivity index (χ1) is 13.0. The number of hydrazone groups is 1. The van der Waals surface area contributed by atoms with Crippen LogP contribution in [0, 0.1) is 12.8 Å². The van der Waals surface area contributed by atoms with Crippen molar-refractivity contribution in [3.63, 3.8) is 0 Å². The highest BCUT2D eigenvalue weighted by Crippen LogP contribution is 2.20. The van der Waals surface area contributed by atoms with Gasteiger partial charge in [0.05, 0.1) is 31.5 Å². The Balaban J connectivity index is 1.86. The van der Waals surface area contributed by atoms with Crippen LogP contribution in [0.15, 0.2) is 28.7 Å². The molecular formula is C20H27N3O3S. The van der Waals surface area contributed by atoms with Gasteiger partial charge in [-0.2, -0.15) is 5.10 Å². The van der Waals surface area contributed by atoms with Gasteiger partial charge in [0.1, 0.15) is 5.75 Å². The van der Waals surface area contributed by atoms with Crippen LogP contribution in [0.3, 0.4) is 0 Å². The molecule has 1 heterocycles. The van der Waals surface area contributed by atoms with Gasteiger partial charge in [-0.25, -0.2) is 4.98 Å². The minimum absolute atomic E-state index is 0.174. The van der Waals surface area contributed by atoms with E-state index in [1.807, 2.05) is 30.5 Å². The Morgan fingerprint density at radius 2 is 2.22 bits per heavy atom. The van der Waals surface area contributed by atoms with Gasteiger partial charge in [-0.15, -0.1) is 11.3 Å². The Kier molecular flexibility index (Phi) is 8.26. The SMILES string of the molecule is CCOC(=O)Cc1csc(NN=Cc2ccc(OCCC(C)C)c(C)c2)n1. The first kappa shape index (κ1) is 20.9. The summed E-state index contributed by atoms with van der Waals surface area (Å²) in [5.41, 5.74) is 5.62. The minimum Gasteiger partial charge on any atom is -0.493 e. The molecular weight excluding hydrogens is 362 g/mol. The number of carbonyl (C=O) groups excluding carboxylic acids is 1. The molecule has 1 aromatic heterocycles. The highest BCUT2D eigenvalue weighted by atomic mass is 32.1. The number of nitrogens with one attached hydrogen (secondary N) is 1. The van der Waals surface area contributed by atoms with E-state index in [1.54, 1.807) is 13.1 Å². The van der Waals surface area contributed by atoms with Crippen LogP contribution < -0.4 is 10.2 Å². The van der Waals surface area contributed by atoms with E-state index >= 15 is 0 Å². The standard InChI is InChI=1S/C20H27N3O3S/c1-5-25-19(24)11-17-13-27-20(22-17)23-21-12-16-6-7-18(15(4)10-16)26-9-8-14(2)3/h6-7,10,12-14H,5,8-9,11H2,1-4H3,(H,22,23). The fourth-order valence-electron chi connectivity index (χ4n) is 2.28. The summed E-state index contributed by atoms with van der Waals surface area (Å²) in [5, 5.41) is 6.67. The normalized spacial score (nSPS) is 11.1. The zero-order valence-corrected chi connectivity index (χ0v) is 17.1. The number of rotatable bonds is 10. The molecule has 1 N–H and O–H groups in total. The van der Waals surface area contributed by atoms with Gasteiger partial charge < -0.3 is 9.47 Å². The molecule has 0 unspecified atom stereocenters. The average molecular weight is 390 g/mol. The lowest BCUT2D eigenvalue weighted by Gasteiger charge is -2.10. The molecule has 146 valence electrons. The molecule has 0 saturated heterocycles. The summed E-state index contributed by atoms with van der Waals surface area (Å²) in [6.07, 6.45) is 2.95. The number of thiazole rings is 1. The van der Waals surface area contributed by atoms with Gasteiger partial charge >= 0.3 is 5.97 Å². The Morgan fingerprint density at radius 3 is 2.93 bits per heavy atom. The van der Waals surface area contributed by atoms with Gasteiger partial charge in [0, 0.05) is 5.38 Å². The maximum absolute atomic E-state index is 11.5. The average Bonchev–Trinajstić information content (AvgIpc) is 3.04. The first-order valence-corrected chi connectivity index (χ1v) is 9.98. The second kappa shape index (κ2) is 10.7. The summed E-state index contributed by atoms with van der Waals surface area (Å²) in [4.78, 5) is 15.8. The van der Waals surface area contributed by atoms with E-state index in [1.165, 1.54) is 11.3 Å². The monoisotopic (exact) mass is 389 g/mol. The van der Waals surface area contributed by atoms with Crippen molar-refractivity contribution < 1.29 is 14.3 Å². The molecule has 0 bridgehead atoms. The van der Waals surface area contributed by atoms with Crippen molar-refractivity contribution in [1.82, 2.24) is 4.98 Å². The maximum Gasteiger partial charge on any atom is 0.311 e. The van der Waals surface area contributed by atoms with Crippen molar-refractivity contribution in [3.05, 3.63) is 40.4 Å². The van der Waals surface area contributed by atoms with Gasteiger partial charge in [-0.1, -0.05) is 13.8 Å². The summed E-state index contributed by atoms with van der Waals surface area (Å²) in [7, 11) is 0. The molecule has 0 aliphatic rings. The first-order valence-electron chi connectivity index (χ1n) is 9.10. The van der Waals surface area contributed by atoms with Crippen LogP contribution >= 0.6 is 11.3 Å². The molecule has 0 fully saturated rings. The second-order valence-electron chi connectivity index (χ2n) is 6.55. The summed E-state index contributed by atoms with van der Waals surface area (Å²) in [5.74, 6) is 1.26. The highest BCUT2D eigenvalue weighted by Gasteiger charge is 2.08. The van der Waals surface area contributed by atoms with E-state index in [-0.39, 0.29) is 12.4 Å². The van der Waals surface area contributed by atoms with Gasteiger partial charge in [0.2, 0.25) is 5.13 Å². The smallest absolute Gasteiger partial charge is 0.311 e. The fraction of sp³-hybridized carbons (Fsp3) is 0.450. The highest BCUT2D eigenvalue weighted by molar-refractivity contribution is 7.13. The number of aryl methyl sites for hydroxylation is 1. The lowest BCUT2D eigenvalue weighted by molar-refractivity contribution is -0.142. The fourth-order valence-corrected chi connectivity index (χ4v) is 2.94. The molecule has 2 aromatic rings. The largest absolute Gasteiger partial charge is 0.493 e. The quantitative estimate of drug-likeness (QED) is 0.370. The van der Waals surface area contributed by atoms with Crippen LogP contribution in [0.4, 0.5) is 5.13 Å². The van der Waals surface area contributed by atoms with Crippen LogP contribution in [0.1, 0.15) is 44.0 Å². The van der Waals surface area contributed by atoms with Crippen molar-refractivity contribution in [2.75, 3.05) is 18.6 Å². The summed E-state index contributed by atoms with van der Waals surface area (Å²) < 4.78 is 10.7. The number of aromatic nitrogens is 1. The molecule has 0 radical (unpaired) electrons. The van der Waals surface area contributed by atoms with E-state index < -0.39 is 0 Å². The zero-order valence-electron chi connectivity index (χ0n) is 16.3. The molecule has 0 aliphatic heterocycles. The Bertz CT molecular complexity index is 772. The van der Waals surface area contributed by atoms with E-state index in [0.717, 1.165) is 29.9 Å². The van der Waals surface area contributed by atoms with Crippen LogP contribution in [0.5, 0.6) is 5.75 Å². The van der Waals surface area contributed by atoms with Gasteiger partial charge in [0.25, 0.3) is 0 Å². The van der Waals surface area contributed by atoms with Crippen molar-refractivity contribution in [3.8, 4) is 5.75 Å². The van der Waals surface area contributed by atoms with Crippen molar-refractivity contribution in [2.24, 2.45) is 11.0 Å². The van der Waals surface area contributed by atoms with Crippen LogP contribution in [0.25, 0.3) is 0 Å². The number of hydrogen-bond acceptors (Lipinski definition) is 7. The topological polar surface area (TPSA) is 72.8 Å². The number of hydrogen-bond donors (Lipinski definition) is 1. The van der Waals surface area contributed by atoms with Crippen LogP contribution in [-0.2, 0) is 16.0 Å². The lowest BCUT2D eigenvalue weighted by Crippen LogP contribution is -2.07. The van der Waals surface area contributed by atoms with Crippen molar-refractivity contribution in [1.29, 1.82) is 0 Å². The van der Waals surface area contributed by atoms with E-state index in [9.17, 15) is 4.79 Å². The molecule has 0 aliphatic carbocycles. The number of ether oxygens (including phenoxy) is 2. The van der Waals surface area contributed by atoms with E-state index in [0.29, 0.717) is 23.4 Å². The number of esters is 1. The number of carbonyl (C=O) groups is 1. The van der Waals surface area contributed by atoms with Crippen molar-refractivity contribution >= 4 is 28.7 Å². The third-order valence-electron chi connectivity index (χ3n) is 3.71. The van der Waals surface area contributed by atoms with E-state index in [2.05, 4.69) is 29.4 Å². The van der Waals surface area contributed by atoms with Crippen LogP contribution in [0.2, 0.25) is 0 Å². The Hall–Kier alpha value is -2.41. The third-order valence-corrected chi connectivity index (χ3v) is 4.50. The molecule has 0 amide bonds. The lowest BCUT2D eigenvalue weighted by atomic mass is 10.1. The summed E-state index contributed by atoms with van der Waals surface area (Å²) >= 11 is 1.40. The van der Waals surface area contributed by atoms with Gasteiger partial charge in [-0.05, 0) is 55.5 Å². The van der Waals surface area contributed by atoms with Gasteiger partial charge in [0.15, 0.2) is 0 Å². The maximum atomic E-state index is 11.5. The molecule has 2 rings (SSSR count). The van der Waals surface area contributed by atoms with Crippen LogP contribution in [-0.4, -0.2) is 30.4 Å². The molecule has 1 aromatic carbocycles. The number of nitrogens with zero attached hydrogens (tertiary/aromatic N) is 2. The predicted octanol–water partition coefficient (Wildman–Crippen LogP) is 4.43. The molecule has 6 nitrogen and oxygen atoms in total. The van der Waals surface area contributed by atoms with Crippen molar-refractivity contribution in [2.45, 2.75) is 40.5 Å². The van der Waals surface area contributed by atoms with Gasteiger partial charge in [-0.3, -0.25) is 10.2 Å². The number of anilines is 1. The molecule has 7 heteroatoms. The molecule has 0 spiro atoms. The minimum atomic E-state index is -0.274. The third kappa shape index (κ3) is 7.38. The molecule has 0 saturated carbocycles. The summed E-state index contributed by atoms with van der Waals surface area (Å²) in [6, 6.07) is 5.97. The Labute approximate surface area is 164 Å².